The molecule has 0 radical (unpaired) electrons. The van der Waals surface area contributed by atoms with Crippen molar-refractivity contribution in [3.63, 3.8) is 0 Å². The van der Waals surface area contributed by atoms with Gasteiger partial charge in [0, 0.05) is 0 Å². The van der Waals surface area contributed by atoms with Crippen LogP contribution in [0.4, 0.5) is 0 Å². The van der Waals surface area contributed by atoms with E-state index < -0.39 is 0 Å². The highest BCUT2D eigenvalue weighted by Crippen LogP contribution is 2.32. The highest BCUT2D eigenvalue weighted by atomic mass is 16.5. The third-order valence-electron chi connectivity index (χ3n) is 3.56. The van der Waals surface area contributed by atoms with Gasteiger partial charge in [-0.15, -0.1) is 0 Å². The zero-order valence-corrected chi connectivity index (χ0v) is 10.8. The van der Waals surface area contributed by atoms with Crippen molar-refractivity contribution in [2.24, 2.45) is 5.41 Å². The summed E-state index contributed by atoms with van der Waals surface area (Å²) in [5, 5.41) is 9.24. The second-order valence-corrected chi connectivity index (χ2v) is 5.40. The van der Waals surface area contributed by atoms with Crippen molar-refractivity contribution in [3.05, 3.63) is 34.9 Å². The maximum atomic E-state index is 9.24. The number of nitriles is 1. The Balaban J connectivity index is 2.26. The molecule has 1 aromatic rings. The van der Waals surface area contributed by atoms with Crippen LogP contribution in [0.1, 0.15) is 36.5 Å². The van der Waals surface area contributed by atoms with Crippen LogP contribution in [-0.4, -0.2) is 13.2 Å². The van der Waals surface area contributed by atoms with E-state index in [9.17, 15) is 5.26 Å². The van der Waals surface area contributed by atoms with Gasteiger partial charge in [-0.25, -0.2) is 0 Å². The van der Waals surface area contributed by atoms with Crippen LogP contribution >= 0.6 is 0 Å². The van der Waals surface area contributed by atoms with Crippen molar-refractivity contribution in [2.75, 3.05) is 13.2 Å². The van der Waals surface area contributed by atoms with Gasteiger partial charge in [0.1, 0.15) is 5.41 Å². The SMILES string of the molecule is Cc1ccc(C(C)C)cc1CC1(C#N)COC1. The van der Waals surface area contributed by atoms with Crippen LogP contribution < -0.4 is 0 Å². The highest BCUT2D eigenvalue weighted by molar-refractivity contribution is 5.34. The van der Waals surface area contributed by atoms with Crippen LogP contribution in [0, 0.1) is 23.7 Å². The fourth-order valence-corrected chi connectivity index (χ4v) is 2.16. The third-order valence-corrected chi connectivity index (χ3v) is 3.56. The van der Waals surface area contributed by atoms with E-state index in [1.807, 2.05) is 0 Å². The van der Waals surface area contributed by atoms with E-state index in [2.05, 4.69) is 45.0 Å². The average Bonchev–Trinajstić information content (AvgIpc) is 2.25. The summed E-state index contributed by atoms with van der Waals surface area (Å²) in [7, 11) is 0. The molecule has 0 atom stereocenters. The molecule has 1 fully saturated rings. The second-order valence-electron chi connectivity index (χ2n) is 5.40. The molecule has 1 heterocycles. The van der Waals surface area contributed by atoms with Crippen molar-refractivity contribution in [3.8, 4) is 6.07 Å². The van der Waals surface area contributed by atoms with Crippen LogP contribution in [0.3, 0.4) is 0 Å². The molecule has 1 saturated heterocycles. The Morgan fingerprint density at radius 2 is 2.12 bits per heavy atom. The molecule has 0 bridgehead atoms. The maximum Gasteiger partial charge on any atom is 0.108 e. The first-order chi connectivity index (χ1) is 8.06. The zero-order valence-electron chi connectivity index (χ0n) is 10.8. The lowest BCUT2D eigenvalue weighted by Crippen LogP contribution is -2.43. The molecule has 0 N–H and O–H groups in total. The predicted molar refractivity (Wildman–Crippen MR) is 67.8 cm³/mol. The largest absolute Gasteiger partial charge is 0.378 e. The standard InChI is InChI=1S/C15H19NO/c1-11(2)13-5-4-12(3)14(6-13)7-15(8-16)9-17-10-15/h4-6,11H,7,9-10H2,1-3H3. The Labute approximate surface area is 103 Å². The fraction of sp³-hybridized carbons (Fsp3) is 0.533. The first-order valence-electron chi connectivity index (χ1n) is 6.15. The molecule has 1 aliphatic heterocycles. The van der Waals surface area contributed by atoms with Gasteiger partial charge in [-0.2, -0.15) is 5.26 Å². The molecule has 2 heteroatoms. The van der Waals surface area contributed by atoms with Crippen LogP contribution in [0.5, 0.6) is 0 Å². The first-order valence-corrected chi connectivity index (χ1v) is 6.15. The van der Waals surface area contributed by atoms with Gasteiger partial charge in [0.05, 0.1) is 19.3 Å². The number of hydrogen-bond donors (Lipinski definition) is 0. The van der Waals surface area contributed by atoms with E-state index in [1.54, 1.807) is 0 Å². The Bertz CT molecular complexity index is 452. The topological polar surface area (TPSA) is 33.0 Å². The quantitative estimate of drug-likeness (QED) is 0.797. The van der Waals surface area contributed by atoms with Crippen LogP contribution in [0.2, 0.25) is 0 Å². The van der Waals surface area contributed by atoms with Crippen LogP contribution in [0.25, 0.3) is 0 Å². The van der Waals surface area contributed by atoms with E-state index in [1.165, 1.54) is 16.7 Å². The Morgan fingerprint density at radius 3 is 2.59 bits per heavy atom. The van der Waals surface area contributed by atoms with Crippen molar-refractivity contribution < 1.29 is 4.74 Å². The predicted octanol–water partition coefficient (Wildman–Crippen LogP) is 3.20. The Hall–Kier alpha value is -1.33. The average molecular weight is 229 g/mol. The molecule has 17 heavy (non-hydrogen) atoms. The van der Waals surface area contributed by atoms with Gasteiger partial charge >= 0.3 is 0 Å². The molecule has 0 saturated carbocycles. The molecule has 2 nitrogen and oxygen atoms in total. The van der Waals surface area contributed by atoms with Crippen molar-refractivity contribution in [1.82, 2.24) is 0 Å². The molecule has 0 amide bonds. The van der Waals surface area contributed by atoms with E-state index in [-0.39, 0.29) is 5.41 Å². The molecular formula is C15H19NO. The number of ether oxygens (including phenoxy) is 1. The lowest BCUT2D eigenvalue weighted by atomic mass is 9.79. The number of nitrogens with zero attached hydrogens (tertiary/aromatic N) is 1. The van der Waals surface area contributed by atoms with Gasteiger partial charge in [0.25, 0.3) is 0 Å². The molecule has 1 aliphatic rings. The summed E-state index contributed by atoms with van der Waals surface area (Å²) < 4.78 is 5.20. The summed E-state index contributed by atoms with van der Waals surface area (Å²) in [5.74, 6) is 0.532. The molecule has 2 rings (SSSR count). The lowest BCUT2D eigenvalue weighted by molar-refractivity contribution is -0.0766. The fourth-order valence-electron chi connectivity index (χ4n) is 2.16. The number of rotatable bonds is 3. The Morgan fingerprint density at radius 1 is 1.41 bits per heavy atom. The monoisotopic (exact) mass is 229 g/mol. The maximum absolute atomic E-state index is 9.24. The zero-order chi connectivity index (χ0) is 12.5. The molecule has 0 spiro atoms. The minimum atomic E-state index is -0.277. The summed E-state index contributed by atoms with van der Waals surface area (Å²) in [5.41, 5.74) is 3.64. The van der Waals surface area contributed by atoms with Gasteiger partial charge in [-0.05, 0) is 36.0 Å². The van der Waals surface area contributed by atoms with Gasteiger partial charge < -0.3 is 4.74 Å². The van der Waals surface area contributed by atoms with Gasteiger partial charge in [-0.3, -0.25) is 0 Å². The summed E-state index contributed by atoms with van der Waals surface area (Å²) in [6, 6.07) is 9.00. The van der Waals surface area contributed by atoms with Gasteiger partial charge in [0.15, 0.2) is 0 Å². The molecule has 0 unspecified atom stereocenters. The molecule has 90 valence electrons. The van der Waals surface area contributed by atoms with Crippen LogP contribution in [-0.2, 0) is 11.2 Å². The van der Waals surface area contributed by atoms with Gasteiger partial charge in [-0.1, -0.05) is 32.0 Å². The molecule has 1 aromatic carbocycles. The van der Waals surface area contributed by atoms with Crippen molar-refractivity contribution >= 4 is 0 Å². The number of benzene rings is 1. The second kappa shape index (κ2) is 4.50. The minimum Gasteiger partial charge on any atom is -0.378 e. The van der Waals surface area contributed by atoms with Crippen molar-refractivity contribution in [2.45, 2.75) is 33.1 Å². The summed E-state index contributed by atoms with van der Waals surface area (Å²) in [6.07, 6.45) is 0.815. The van der Waals surface area contributed by atoms with Crippen molar-refractivity contribution in [1.29, 1.82) is 5.26 Å². The van der Waals surface area contributed by atoms with E-state index in [4.69, 9.17) is 4.74 Å². The van der Waals surface area contributed by atoms with Gasteiger partial charge in [0.2, 0.25) is 0 Å². The summed E-state index contributed by atoms with van der Waals surface area (Å²) in [6.45, 7) is 7.66. The highest BCUT2D eigenvalue weighted by Gasteiger charge is 2.39. The normalized spacial score (nSPS) is 17.6. The van der Waals surface area contributed by atoms with E-state index >= 15 is 0 Å². The number of aryl methyl sites for hydroxylation is 1. The Kier molecular flexibility index (Phi) is 3.22. The van der Waals surface area contributed by atoms with E-state index in [0.717, 1.165) is 6.42 Å². The molecule has 0 aliphatic carbocycles. The summed E-state index contributed by atoms with van der Waals surface area (Å²) in [4.78, 5) is 0. The number of hydrogen-bond acceptors (Lipinski definition) is 2. The minimum absolute atomic E-state index is 0.277. The third kappa shape index (κ3) is 2.35. The molecule has 0 aromatic heterocycles. The van der Waals surface area contributed by atoms with E-state index in [0.29, 0.717) is 19.1 Å². The first kappa shape index (κ1) is 12.1. The summed E-state index contributed by atoms with van der Waals surface area (Å²) >= 11 is 0. The lowest BCUT2D eigenvalue weighted by Gasteiger charge is -2.35. The smallest absolute Gasteiger partial charge is 0.108 e. The molecular weight excluding hydrogens is 210 g/mol. The van der Waals surface area contributed by atoms with Crippen LogP contribution in [0.15, 0.2) is 18.2 Å².